The van der Waals surface area contributed by atoms with Gasteiger partial charge in [-0.3, -0.25) is 9.69 Å². The minimum absolute atomic E-state index is 0.0576. The first-order valence-corrected chi connectivity index (χ1v) is 10.5. The van der Waals surface area contributed by atoms with Crippen LogP contribution in [0.4, 0.5) is 0 Å². The van der Waals surface area contributed by atoms with Crippen LogP contribution in [0.3, 0.4) is 0 Å². The first-order valence-electron chi connectivity index (χ1n) is 10.5. The van der Waals surface area contributed by atoms with Gasteiger partial charge < -0.3 is 15.3 Å². The summed E-state index contributed by atoms with van der Waals surface area (Å²) < 4.78 is 0. The molecule has 0 aromatic heterocycles. The number of allylic oxidation sites excluding steroid dienone is 4. The molecular weight excluding hydrogens is 342 g/mol. The number of rotatable bonds is 1. The number of ketones is 1. The molecule has 4 fully saturated rings. The van der Waals surface area contributed by atoms with Crippen molar-refractivity contribution in [1.29, 1.82) is 0 Å². The van der Waals surface area contributed by atoms with E-state index in [1.54, 1.807) is 12.2 Å². The van der Waals surface area contributed by atoms with E-state index in [-0.39, 0.29) is 35.3 Å². The maximum atomic E-state index is 11.9. The molecule has 1 aliphatic heterocycles. The summed E-state index contributed by atoms with van der Waals surface area (Å²) in [4.78, 5) is 13.7. The molecule has 0 radical (unpaired) electrons. The summed E-state index contributed by atoms with van der Waals surface area (Å²) in [7, 11) is 0. The molecule has 0 amide bonds. The fraction of sp³-hybridized carbons (Fsp3) is 0.773. The van der Waals surface area contributed by atoms with Crippen molar-refractivity contribution >= 4 is 5.78 Å². The van der Waals surface area contributed by atoms with Crippen molar-refractivity contribution < 1.29 is 20.1 Å². The van der Waals surface area contributed by atoms with Gasteiger partial charge in [0.25, 0.3) is 0 Å². The van der Waals surface area contributed by atoms with Crippen LogP contribution in [-0.2, 0) is 4.79 Å². The predicted octanol–water partition coefficient (Wildman–Crippen LogP) is 1.83. The largest absolute Gasteiger partial charge is 0.393 e. The number of fused-ring (bicyclic) bond motifs is 4. The van der Waals surface area contributed by atoms with E-state index in [1.165, 1.54) is 0 Å². The van der Waals surface area contributed by atoms with E-state index in [0.717, 1.165) is 31.3 Å². The minimum Gasteiger partial charge on any atom is -0.393 e. The number of nitrogens with zero attached hydrogens (tertiary/aromatic N) is 1. The Morgan fingerprint density at radius 1 is 1.22 bits per heavy atom. The highest BCUT2D eigenvalue weighted by atomic mass is 16.3. The highest BCUT2D eigenvalue weighted by molar-refractivity contribution is 6.01. The molecule has 9 atom stereocenters. The van der Waals surface area contributed by atoms with E-state index in [9.17, 15) is 20.1 Å². The molecule has 0 aromatic carbocycles. The normalized spacial score (nSPS) is 54.2. The van der Waals surface area contributed by atoms with Crippen molar-refractivity contribution in [3.8, 4) is 0 Å². The highest BCUT2D eigenvalue weighted by Crippen LogP contribution is 2.70. The molecule has 5 rings (SSSR count). The molecule has 5 nitrogen and oxygen atoms in total. The van der Waals surface area contributed by atoms with E-state index >= 15 is 0 Å². The Hall–Kier alpha value is -1.01. The van der Waals surface area contributed by atoms with Crippen molar-refractivity contribution in [3.63, 3.8) is 0 Å². The van der Waals surface area contributed by atoms with Gasteiger partial charge in [0, 0.05) is 22.8 Å². The van der Waals surface area contributed by atoms with E-state index < -0.39 is 12.3 Å². The summed E-state index contributed by atoms with van der Waals surface area (Å²) in [5.74, 6) is 1.20. The number of hydrogen-bond acceptors (Lipinski definition) is 5. The van der Waals surface area contributed by atoms with Crippen LogP contribution in [0.25, 0.3) is 0 Å². The average molecular weight is 373 g/mol. The van der Waals surface area contributed by atoms with Crippen LogP contribution in [0.2, 0.25) is 0 Å². The fourth-order valence-electron chi connectivity index (χ4n) is 8.21. The van der Waals surface area contributed by atoms with Crippen molar-refractivity contribution in [2.75, 3.05) is 6.73 Å². The zero-order valence-electron chi connectivity index (χ0n) is 16.2. The number of carbonyl (C=O) groups is 1. The van der Waals surface area contributed by atoms with Gasteiger partial charge in [0.1, 0.15) is 6.23 Å². The number of aliphatic hydroxyl groups is 3. The van der Waals surface area contributed by atoms with E-state index in [2.05, 4.69) is 13.8 Å². The van der Waals surface area contributed by atoms with Crippen molar-refractivity contribution in [2.24, 2.45) is 34.5 Å². The summed E-state index contributed by atoms with van der Waals surface area (Å²) in [5, 5.41) is 32.5. The molecule has 5 heteroatoms. The minimum atomic E-state index is -0.682. The second kappa shape index (κ2) is 5.76. The number of hydrogen-bond donors (Lipinski definition) is 3. The average Bonchev–Trinajstić information content (AvgIpc) is 3.10. The Kier molecular flexibility index (Phi) is 3.85. The van der Waals surface area contributed by atoms with Crippen LogP contribution < -0.4 is 0 Å². The molecule has 0 aromatic rings. The number of carbonyl (C=O) groups excluding carboxylic acids is 1. The molecule has 9 unspecified atom stereocenters. The third kappa shape index (κ3) is 2.06. The van der Waals surface area contributed by atoms with Gasteiger partial charge in [-0.05, 0) is 68.9 Å². The van der Waals surface area contributed by atoms with Gasteiger partial charge in [0.05, 0.1) is 12.8 Å². The van der Waals surface area contributed by atoms with E-state index in [4.69, 9.17) is 0 Å². The Morgan fingerprint density at radius 3 is 2.70 bits per heavy atom. The fourth-order valence-corrected chi connectivity index (χ4v) is 8.21. The number of aliphatic hydroxyl groups excluding tert-OH is 3. The predicted molar refractivity (Wildman–Crippen MR) is 100 cm³/mol. The van der Waals surface area contributed by atoms with Gasteiger partial charge in [-0.2, -0.15) is 0 Å². The lowest BCUT2D eigenvalue weighted by molar-refractivity contribution is -0.174. The molecule has 0 bridgehead atoms. The highest BCUT2D eigenvalue weighted by Gasteiger charge is 2.70. The van der Waals surface area contributed by atoms with Gasteiger partial charge in [0.15, 0.2) is 5.78 Å². The zero-order valence-corrected chi connectivity index (χ0v) is 16.2. The van der Waals surface area contributed by atoms with Crippen LogP contribution in [0.5, 0.6) is 0 Å². The quantitative estimate of drug-likeness (QED) is 0.653. The Morgan fingerprint density at radius 2 is 1.96 bits per heavy atom. The summed E-state index contributed by atoms with van der Waals surface area (Å²) >= 11 is 0. The molecule has 1 heterocycles. The molecule has 4 aliphatic carbocycles. The van der Waals surface area contributed by atoms with Crippen molar-refractivity contribution in [3.05, 3.63) is 23.8 Å². The smallest absolute Gasteiger partial charge is 0.178 e. The van der Waals surface area contributed by atoms with Gasteiger partial charge in [-0.25, -0.2) is 0 Å². The third-order valence-electron chi connectivity index (χ3n) is 9.23. The van der Waals surface area contributed by atoms with Crippen LogP contribution in [-0.4, -0.2) is 51.1 Å². The number of likely N-dealkylation sites (tertiary alicyclic amines) is 1. The standard InChI is InChI=1S/C22H31NO4/c1-12-16-5-6-17-15-4-3-13-9-14(25)7-8-21(13,2)19(15)18(26)10-22(16,17)20(27)23(12)11-24/h7-9,12,15-20,24,26-27H,3-6,10-11H2,1-2H3. The molecular formula is C22H31NO4. The Balaban J connectivity index is 1.56. The second-order valence-electron chi connectivity index (χ2n) is 9.86. The Labute approximate surface area is 160 Å². The lowest BCUT2D eigenvalue weighted by Crippen LogP contribution is -2.59. The van der Waals surface area contributed by atoms with E-state index in [1.807, 2.05) is 11.0 Å². The summed E-state index contributed by atoms with van der Waals surface area (Å²) in [6.45, 7) is 4.16. The van der Waals surface area contributed by atoms with Gasteiger partial charge in [0.2, 0.25) is 0 Å². The molecule has 5 aliphatic rings. The lowest BCUT2D eigenvalue weighted by Gasteiger charge is -2.59. The first-order chi connectivity index (χ1) is 12.8. The van der Waals surface area contributed by atoms with E-state index in [0.29, 0.717) is 24.2 Å². The maximum Gasteiger partial charge on any atom is 0.178 e. The molecule has 148 valence electrons. The Bertz CT molecular complexity index is 732. The third-order valence-corrected chi connectivity index (χ3v) is 9.23. The van der Waals surface area contributed by atoms with Crippen molar-refractivity contribution in [2.45, 2.75) is 64.3 Å². The summed E-state index contributed by atoms with van der Waals surface area (Å²) in [6, 6.07) is 0.139. The first kappa shape index (κ1) is 18.0. The van der Waals surface area contributed by atoms with Crippen LogP contribution in [0, 0.1) is 34.5 Å². The lowest BCUT2D eigenvalue weighted by atomic mass is 9.46. The molecule has 3 saturated carbocycles. The van der Waals surface area contributed by atoms with Crippen LogP contribution in [0.1, 0.15) is 46.0 Å². The second-order valence-corrected chi connectivity index (χ2v) is 9.86. The molecule has 1 saturated heterocycles. The van der Waals surface area contributed by atoms with Gasteiger partial charge in [-0.1, -0.05) is 18.6 Å². The van der Waals surface area contributed by atoms with Gasteiger partial charge in [-0.15, -0.1) is 0 Å². The molecule has 1 spiro atoms. The summed E-state index contributed by atoms with van der Waals surface area (Å²) in [6.07, 6.45) is 8.92. The zero-order chi connectivity index (χ0) is 19.1. The summed E-state index contributed by atoms with van der Waals surface area (Å²) in [5.41, 5.74) is 0.592. The monoisotopic (exact) mass is 373 g/mol. The van der Waals surface area contributed by atoms with Crippen LogP contribution in [0.15, 0.2) is 23.8 Å². The maximum absolute atomic E-state index is 11.9. The SMILES string of the molecule is CC1C2CCC3C4CCC5=CC(=O)C=CC5(C)C4C(O)CC32C(O)N1CO. The van der Waals surface area contributed by atoms with Crippen LogP contribution >= 0.6 is 0 Å². The van der Waals surface area contributed by atoms with Crippen molar-refractivity contribution in [1.82, 2.24) is 4.90 Å². The molecule has 27 heavy (non-hydrogen) atoms. The van der Waals surface area contributed by atoms with Gasteiger partial charge >= 0.3 is 0 Å². The molecule has 3 N–H and O–H groups in total. The topological polar surface area (TPSA) is 81.0 Å².